The molecule has 0 aliphatic carbocycles. The van der Waals surface area contributed by atoms with E-state index in [1.165, 1.54) is 6.92 Å². The average molecular weight is 502 g/mol. The molecule has 3 amide bonds. The molecule has 0 spiro atoms. The zero-order valence-electron chi connectivity index (χ0n) is 21.3. The number of esters is 1. The first-order chi connectivity index (χ1) is 17.6. The van der Waals surface area contributed by atoms with Gasteiger partial charge in [0, 0.05) is 24.4 Å². The predicted molar refractivity (Wildman–Crippen MR) is 137 cm³/mol. The van der Waals surface area contributed by atoms with E-state index >= 15 is 0 Å². The first-order valence-electron chi connectivity index (χ1n) is 12.5. The molecule has 3 heterocycles. The largest absolute Gasteiger partial charge is 0.456 e. The number of hydrogen-bond acceptors (Lipinski definition) is 5. The van der Waals surface area contributed by atoms with Gasteiger partial charge in [-0.1, -0.05) is 68.5 Å². The van der Waals surface area contributed by atoms with E-state index < -0.39 is 47.6 Å². The zero-order chi connectivity index (χ0) is 26.5. The summed E-state index contributed by atoms with van der Waals surface area (Å²) in [5.41, 5.74) is 1.05. The van der Waals surface area contributed by atoms with Crippen LogP contribution >= 0.6 is 0 Å². The fourth-order valence-corrected chi connectivity index (χ4v) is 6.32. The van der Waals surface area contributed by atoms with Crippen molar-refractivity contribution < 1.29 is 23.9 Å². The minimum atomic E-state index is -0.795. The normalized spacial score (nSPS) is 26.2. The zero-order valence-corrected chi connectivity index (χ0v) is 21.3. The van der Waals surface area contributed by atoms with Gasteiger partial charge in [0.15, 0.2) is 6.61 Å². The molecule has 0 saturated carbocycles. The maximum absolute atomic E-state index is 14.1. The molecule has 0 unspecified atom stereocenters. The summed E-state index contributed by atoms with van der Waals surface area (Å²) in [6.45, 7) is 8.91. The number of nitrogens with zero attached hydrogens (tertiary/aromatic N) is 2. The summed E-state index contributed by atoms with van der Waals surface area (Å²) in [7, 11) is 0. The summed E-state index contributed by atoms with van der Waals surface area (Å²) in [4.78, 5) is 55.9. The number of piperazine rings is 1. The highest BCUT2D eigenvalue weighted by Crippen LogP contribution is 2.62. The van der Waals surface area contributed by atoms with Crippen molar-refractivity contribution in [2.45, 2.75) is 57.3 Å². The number of nitrogens with one attached hydrogen (secondary N) is 1. The Labute approximate surface area is 216 Å². The van der Waals surface area contributed by atoms with Crippen molar-refractivity contribution in [3.63, 3.8) is 0 Å². The standard InChI is InChI=1S/C29H31N3O5/c1-5-28(3,4)29-16-23-25(35)30-21(15-19-11-7-6-8-12-19)26(36)32(23)27(29)31(24(34)17-37-18(2)33)22-14-10-9-13-20(22)29/h5-14,21,23,27H,1,15-17H2,2-4H3,(H,30,35)/t21-,23-,27-,29+/m0/s1. The fourth-order valence-electron chi connectivity index (χ4n) is 6.32. The number of carbonyl (C=O) groups is 4. The summed E-state index contributed by atoms with van der Waals surface area (Å²) in [5, 5.41) is 2.94. The van der Waals surface area contributed by atoms with Gasteiger partial charge in [0.05, 0.1) is 0 Å². The van der Waals surface area contributed by atoms with Crippen LogP contribution in [0.5, 0.6) is 0 Å². The molecule has 8 heteroatoms. The van der Waals surface area contributed by atoms with Crippen LogP contribution in [0.25, 0.3) is 0 Å². The first kappa shape index (κ1) is 24.7. The third kappa shape index (κ3) is 3.65. The Morgan fingerprint density at radius 3 is 2.49 bits per heavy atom. The molecule has 0 bridgehead atoms. The summed E-state index contributed by atoms with van der Waals surface area (Å²) in [5.74, 6) is -1.50. The van der Waals surface area contributed by atoms with Gasteiger partial charge in [0.25, 0.3) is 5.91 Å². The number of ether oxygens (including phenoxy) is 1. The highest BCUT2D eigenvalue weighted by molar-refractivity contribution is 6.03. The van der Waals surface area contributed by atoms with Crippen LogP contribution < -0.4 is 10.2 Å². The number of fused-ring (bicyclic) bond motifs is 5. The molecule has 4 atom stereocenters. The monoisotopic (exact) mass is 501 g/mol. The summed E-state index contributed by atoms with van der Waals surface area (Å²) < 4.78 is 5.08. The first-order valence-corrected chi connectivity index (χ1v) is 12.5. The van der Waals surface area contributed by atoms with E-state index in [-0.39, 0.29) is 11.8 Å². The molecule has 192 valence electrons. The molecule has 3 aliphatic heterocycles. The van der Waals surface area contributed by atoms with Crippen LogP contribution in [0.15, 0.2) is 67.3 Å². The van der Waals surface area contributed by atoms with E-state index in [0.717, 1.165) is 11.1 Å². The van der Waals surface area contributed by atoms with Crippen molar-refractivity contribution in [1.82, 2.24) is 10.2 Å². The lowest BCUT2D eigenvalue weighted by Gasteiger charge is -2.46. The van der Waals surface area contributed by atoms with Crippen molar-refractivity contribution in [1.29, 1.82) is 0 Å². The van der Waals surface area contributed by atoms with Crippen LogP contribution in [0, 0.1) is 5.41 Å². The Morgan fingerprint density at radius 2 is 1.81 bits per heavy atom. The van der Waals surface area contributed by atoms with Gasteiger partial charge in [0.1, 0.15) is 18.2 Å². The quantitative estimate of drug-likeness (QED) is 0.485. The average Bonchev–Trinajstić information content (AvgIpc) is 3.39. The second kappa shape index (κ2) is 8.87. The molecular formula is C29H31N3O5. The van der Waals surface area contributed by atoms with Crippen LogP contribution in [-0.2, 0) is 35.8 Å². The molecule has 1 N–H and O–H groups in total. The van der Waals surface area contributed by atoms with Gasteiger partial charge in [0.2, 0.25) is 11.8 Å². The lowest BCUT2D eigenvalue weighted by molar-refractivity contribution is -0.150. The van der Waals surface area contributed by atoms with E-state index in [4.69, 9.17) is 4.74 Å². The van der Waals surface area contributed by atoms with E-state index in [1.54, 1.807) is 9.80 Å². The lowest BCUT2D eigenvalue weighted by Crippen LogP contribution is -2.67. The van der Waals surface area contributed by atoms with Crippen LogP contribution in [0.4, 0.5) is 5.69 Å². The van der Waals surface area contributed by atoms with E-state index in [2.05, 4.69) is 11.9 Å². The molecular weight excluding hydrogens is 470 g/mol. The van der Waals surface area contributed by atoms with E-state index in [9.17, 15) is 19.2 Å². The Hall–Kier alpha value is -3.94. The lowest BCUT2D eigenvalue weighted by atomic mass is 9.60. The number of para-hydroxylation sites is 1. The number of rotatable bonds is 6. The highest BCUT2D eigenvalue weighted by Gasteiger charge is 2.70. The van der Waals surface area contributed by atoms with Crippen molar-refractivity contribution in [3.8, 4) is 0 Å². The number of carbonyl (C=O) groups excluding carboxylic acids is 4. The van der Waals surface area contributed by atoms with Gasteiger partial charge in [-0.2, -0.15) is 0 Å². The molecule has 0 aromatic heterocycles. The minimum absolute atomic E-state index is 0.237. The molecule has 2 aromatic carbocycles. The maximum atomic E-state index is 14.1. The molecule has 0 radical (unpaired) electrons. The smallest absolute Gasteiger partial charge is 0.303 e. The molecule has 2 fully saturated rings. The third-order valence-corrected chi connectivity index (χ3v) is 8.23. The third-order valence-electron chi connectivity index (χ3n) is 8.23. The summed E-state index contributed by atoms with van der Waals surface area (Å²) >= 11 is 0. The number of amides is 3. The van der Waals surface area contributed by atoms with Gasteiger partial charge >= 0.3 is 5.97 Å². The van der Waals surface area contributed by atoms with Gasteiger partial charge in [-0.3, -0.25) is 24.1 Å². The molecule has 37 heavy (non-hydrogen) atoms. The minimum Gasteiger partial charge on any atom is -0.456 e. The van der Waals surface area contributed by atoms with E-state index in [1.807, 2.05) is 74.5 Å². The number of anilines is 1. The van der Waals surface area contributed by atoms with Gasteiger partial charge in [-0.15, -0.1) is 6.58 Å². The SMILES string of the molecule is C=CC(C)(C)[C@@]12C[C@H]3C(=O)N[C@@H](Cc4ccccc4)C(=O)N3[C@@H]1N(C(=O)COC(C)=O)c1ccccc12. The molecule has 5 rings (SSSR count). The Morgan fingerprint density at radius 1 is 1.14 bits per heavy atom. The topological polar surface area (TPSA) is 96.0 Å². The Balaban J connectivity index is 1.64. The Bertz CT molecular complexity index is 1290. The predicted octanol–water partition coefficient (Wildman–Crippen LogP) is 2.71. The van der Waals surface area contributed by atoms with Crippen molar-refractivity contribution in [2.24, 2.45) is 5.41 Å². The number of benzene rings is 2. The maximum Gasteiger partial charge on any atom is 0.303 e. The molecule has 2 saturated heterocycles. The summed E-state index contributed by atoms with van der Waals surface area (Å²) in [6.07, 6.45) is 1.73. The second-order valence-corrected chi connectivity index (χ2v) is 10.5. The van der Waals surface area contributed by atoms with E-state index in [0.29, 0.717) is 18.5 Å². The van der Waals surface area contributed by atoms with Crippen molar-refractivity contribution >= 4 is 29.4 Å². The fraction of sp³-hybridized carbons (Fsp3) is 0.379. The molecule has 2 aromatic rings. The number of allylic oxidation sites excluding steroid dienone is 1. The van der Waals surface area contributed by atoms with Gasteiger partial charge in [-0.25, -0.2) is 0 Å². The second-order valence-electron chi connectivity index (χ2n) is 10.5. The Kier molecular flexibility index (Phi) is 5.93. The van der Waals surface area contributed by atoms with Gasteiger partial charge in [-0.05, 0) is 29.0 Å². The van der Waals surface area contributed by atoms with Gasteiger partial charge < -0.3 is 15.0 Å². The number of hydrogen-bond donors (Lipinski definition) is 1. The van der Waals surface area contributed by atoms with Crippen LogP contribution in [0.2, 0.25) is 0 Å². The highest BCUT2D eigenvalue weighted by atomic mass is 16.5. The molecule has 3 aliphatic rings. The van der Waals surface area contributed by atoms with Crippen LogP contribution in [0.3, 0.4) is 0 Å². The molecule has 8 nitrogen and oxygen atoms in total. The van der Waals surface area contributed by atoms with Crippen LogP contribution in [0.1, 0.15) is 38.3 Å². The van der Waals surface area contributed by atoms with Crippen molar-refractivity contribution in [3.05, 3.63) is 78.4 Å². The van der Waals surface area contributed by atoms with Crippen molar-refractivity contribution in [2.75, 3.05) is 11.5 Å². The van der Waals surface area contributed by atoms with Crippen LogP contribution in [-0.4, -0.2) is 53.4 Å². The summed E-state index contributed by atoms with van der Waals surface area (Å²) in [6, 6.07) is 15.5.